The van der Waals surface area contributed by atoms with Gasteiger partial charge in [-0.3, -0.25) is 4.79 Å². The topological polar surface area (TPSA) is 70.8 Å². The quantitative estimate of drug-likeness (QED) is 0.921. The number of benzene rings is 1. The third-order valence-corrected chi connectivity index (χ3v) is 3.66. The van der Waals surface area contributed by atoms with Gasteiger partial charge in [-0.05, 0) is 38.0 Å². The summed E-state index contributed by atoms with van der Waals surface area (Å²) in [5, 5.41) is 8.83. The average molecular weight is 301 g/mol. The van der Waals surface area contributed by atoms with Crippen molar-refractivity contribution >= 4 is 11.9 Å². The molecule has 2 aromatic rings. The summed E-state index contributed by atoms with van der Waals surface area (Å²) in [5.74, 6) is -1.71. The summed E-state index contributed by atoms with van der Waals surface area (Å²) in [6.45, 7) is 3.97. The van der Waals surface area contributed by atoms with E-state index in [2.05, 4.69) is 0 Å². The van der Waals surface area contributed by atoms with E-state index in [9.17, 15) is 9.59 Å². The van der Waals surface area contributed by atoms with Gasteiger partial charge in [0.05, 0.1) is 0 Å². The Kier molecular flexibility index (Phi) is 4.65. The van der Waals surface area contributed by atoms with Crippen molar-refractivity contribution in [2.45, 2.75) is 26.3 Å². The molecule has 22 heavy (non-hydrogen) atoms. The second-order valence-electron chi connectivity index (χ2n) is 5.42. The molecule has 0 aliphatic heterocycles. The number of hydrogen-bond donors (Lipinski definition) is 1. The molecule has 0 fully saturated rings. The molecule has 1 aromatic carbocycles. The second kappa shape index (κ2) is 6.47. The average Bonchev–Trinajstić information content (AvgIpc) is 2.98. The number of carboxylic acid groups (broad SMARTS) is 1. The number of likely N-dealkylation sites (N-methyl/N-ethyl adjacent to an activating group) is 1. The standard InChI is InChI=1S/C17H19NO4/c1-11-4-6-13(7-5-11)10-12(2)18(3)16(19)14-8-9-15(22-14)17(20)21/h4-9,12H,10H2,1-3H3,(H,20,21). The molecule has 0 spiro atoms. The number of nitrogens with zero attached hydrogens (tertiary/aromatic N) is 1. The Hall–Kier alpha value is -2.56. The predicted molar refractivity (Wildman–Crippen MR) is 82.1 cm³/mol. The molecule has 0 bridgehead atoms. The lowest BCUT2D eigenvalue weighted by atomic mass is 10.0. The van der Waals surface area contributed by atoms with Crippen LogP contribution in [-0.2, 0) is 6.42 Å². The first-order chi connectivity index (χ1) is 10.4. The summed E-state index contributed by atoms with van der Waals surface area (Å²) in [7, 11) is 1.68. The van der Waals surface area contributed by atoms with E-state index in [-0.39, 0.29) is 23.5 Å². The molecule has 1 heterocycles. The van der Waals surface area contributed by atoms with Crippen molar-refractivity contribution in [1.82, 2.24) is 4.90 Å². The summed E-state index contributed by atoms with van der Waals surface area (Å²) >= 11 is 0. The van der Waals surface area contributed by atoms with Crippen LogP contribution in [0, 0.1) is 6.92 Å². The van der Waals surface area contributed by atoms with Gasteiger partial charge < -0.3 is 14.4 Å². The highest BCUT2D eigenvalue weighted by atomic mass is 16.4. The van der Waals surface area contributed by atoms with E-state index in [1.165, 1.54) is 17.7 Å². The Labute approximate surface area is 129 Å². The Bertz CT molecular complexity index is 672. The minimum Gasteiger partial charge on any atom is -0.475 e. The van der Waals surface area contributed by atoms with Crippen molar-refractivity contribution in [3.05, 3.63) is 59.0 Å². The summed E-state index contributed by atoms with van der Waals surface area (Å²) < 4.78 is 5.05. The number of amides is 1. The maximum atomic E-state index is 12.3. The molecule has 0 aliphatic carbocycles. The van der Waals surface area contributed by atoms with E-state index in [0.29, 0.717) is 0 Å². The van der Waals surface area contributed by atoms with Crippen molar-refractivity contribution in [2.75, 3.05) is 7.05 Å². The molecule has 1 amide bonds. The molecule has 5 nitrogen and oxygen atoms in total. The van der Waals surface area contributed by atoms with Crippen LogP contribution in [0.2, 0.25) is 0 Å². The van der Waals surface area contributed by atoms with Gasteiger partial charge in [0.1, 0.15) is 0 Å². The normalized spacial score (nSPS) is 12.0. The highest BCUT2D eigenvalue weighted by Crippen LogP contribution is 2.14. The largest absolute Gasteiger partial charge is 0.475 e. The number of hydrogen-bond acceptors (Lipinski definition) is 3. The Morgan fingerprint density at radius 2 is 1.73 bits per heavy atom. The lowest BCUT2D eigenvalue weighted by Gasteiger charge is -2.24. The lowest BCUT2D eigenvalue weighted by molar-refractivity contribution is 0.0647. The predicted octanol–water partition coefficient (Wildman–Crippen LogP) is 2.99. The second-order valence-corrected chi connectivity index (χ2v) is 5.42. The molecule has 0 aliphatic rings. The maximum Gasteiger partial charge on any atom is 0.371 e. The van der Waals surface area contributed by atoms with Crippen LogP contribution in [0.5, 0.6) is 0 Å². The fourth-order valence-corrected chi connectivity index (χ4v) is 2.14. The fraction of sp³-hybridized carbons (Fsp3) is 0.294. The molecule has 0 saturated carbocycles. The van der Waals surface area contributed by atoms with Crippen LogP contribution in [-0.4, -0.2) is 35.0 Å². The Morgan fingerprint density at radius 3 is 2.27 bits per heavy atom. The monoisotopic (exact) mass is 301 g/mol. The fourth-order valence-electron chi connectivity index (χ4n) is 2.14. The number of carbonyl (C=O) groups excluding carboxylic acids is 1. The molecule has 0 saturated heterocycles. The molecule has 2 rings (SSSR count). The zero-order valence-corrected chi connectivity index (χ0v) is 12.9. The first-order valence-electron chi connectivity index (χ1n) is 7.04. The van der Waals surface area contributed by atoms with Gasteiger partial charge in [-0.25, -0.2) is 4.79 Å². The van der Waals surface area contributed by atoms with Gasteiger partial charge >= 0.3 is 5.97 Å². The van der Waals surface area contributed by atoms with E-state index in [1.54, 1.807) is 11.9 Å². The van der Waals surface area contributed by atoms with Crippen LogP contribution in [0.1, 0.15) is 39.2 Å². The first kappa shape index (κ1) is 15.8. The number of aryl methyl sites for hydroxylation is 1. The minimum atomic E-state index is -1.19. The highest BCUT2D eigenvalue weighted by Gasteiger charge is 2.22. The molecule has 1 unspecified atom stereocenters. The number of aromatic carboxylic acids is 1. The summed E-state index contributed by atoms with van der Waals surface area (Å²) in [6, 6.07) is 10.8. The Morgan fingerprint density at radius 1 is 1.14 bits per heavy atom. The van der Waals surface area contributed by atoms with Crippen molar-refractivity contribution < 1.29 is 19.1 Å². The highest BCUT2D eigenvalue weighted by molar-refractivity contribution is 5.93. The third-order valence-electron chi connectivity index (χ3n) is 3.66. The van der Waals surface area contributed by atoms with Crippen LogP contribution in [0.25, 0.3) is 0 Å². The van der Waals surface area contributed by atoms with Gasteiger partial charge in [-0.1, -0.05) is 29.8 Å². The van der Waals surface area contributed by atoms with Crippen molar-refractivity contribution in [3.8, 4) is 0 Å². The third kappa shape index (κ3) is 3.55. The van der Waals surface area contributed by atoms with Crippen molar-refractivity contribution in [1.29, 1.82) is 0 Å². The molecule has 1 aromatic heterocycles. The number of furan rings is 1. The Balaban J connectivity index is 2.05. The number of carboxylic acids is 1. The minimum absolute atomic E-state index is 0.0337. The molecule has 0 radical (unpaired) electrons. The van der Waals surface area contributed by atoms with Gasteiger partial charge in [0.15, 0.2) is 5.76 Å². The molecule has 1 atom stereocenters. The van der Waals surface area contributed by atoms with Gasteiger partial charge in [0.25, 0.3) is 5.91 Å². The van der Waals surface area contributed by atoms with Crippen LogP contribution in [0.3, 0.4) is 0 Å². The van der Waals surface area contributed by atoms with Crippen LogP contribution >= 0.6 is 0 Å². The van der Waals surface area contributed by atoms with Gasteiger partial charge in [-0.15, -0.1) is 0 Å². The van der Waals surface area contributed by atoms with Crippen molar-refractivity contribution in [2.24, 2.45) is 0 Å². The molecule has 5 heteroatoms. The van der Waals surface area contributed by atoms with Crippen LogP contribution in [0.15, 0.2) is 40.8 Å². The summed E-state index contributed by atoms with van der Waals surface area (Å²) in [4.78, 5) is 24.7. The maximum absolute atomic E-state index is 12.3. The SMILES string of the molecule is Cc1ccc(CC(C)N(C)C(=O)c2ccc(C(=O)O)o2)cc1. The van der Waals surface area contributed by atoms with Crippen molar-refractivity contribution in [3.63, 3.8) is 0 Å². The molecular weight excluding hydrogens is 282 g/mol. The summed E-state index contributed by atoms with van der Waals surface area (Å²) in [5.41, 5.74) is 2.33. The molecule has 116 valence electrons. The molecule has 1 N–H and O–H groups in total. The van der Waals surface area contributed by atoms with Crippen LogP contribution in [0.4, 0.5) is 0 Å². The van der Waals surface area contributed by atoms with Gasteiger partial charge in [-0.2, -0.15) is 0 Å². The lowest BCUT2D eigenvalue weighted by Crippen LogP contribution is -2.36. The van der Waals surface area contributed by atoms with E-state index in [4.69, 9.17) is 9.52 Å². The number of rotatable bonds is 5. The van der Waals surface area contributed by atoms with Gasteiger partial charge in [0.2, 0.25) is 5.76 Å². The summed E-state index contributed by atoms with van der Waals surface area (Å²) in [6.07, 6.45) is 0.717. The zero-order valence-electron chi connectivity index (χ0n) is 12.9. The van der Waals surface area contributed by atoms with E-state index < -0.39 is 5.97 Å². The van der Waals surface area contributed by atoms with E-state index in [0.717, 1.165) is 12.0 Å². The smallest absolute Gasteiger partial charge is 0.371 e. The van der Waals surface area contributed by atoms with E-state index >= 15 is 0 Å². The van der Waals surface area contributed by atoms with E-state index in [1.807, 2.05) is 38.1 Å². The first-order valence-corrected chi connectivity index (χ1v) is 7.04. The zero-order chi connectivity index (χ0) is 16.3. The number of carbonyl (C=O) groups is 2. The molecular formula is C17H19NO4. The van der Waals surface area contributed by atoms with Gasteiger partial charge in [0, 0.05) is 13.1 Å². The van der Waals surface area contributed by atoms with Crippen LogP contribution < -0.4 is 0 Å².